The molecule has 3 aromatic carbocycles. The van der Waals surface area contributed by atoms with E-state index in [9.17, 15) is 0 Å². The number of hydrogen-bond acceptors (Lipinski definition) is 5. The fourth-order valence-corrected chi connectivity index (χ4v) is 2.87. The summed E-state index contributed by atoms with van der Waals surface area (Å²) in [6.07, 6.45) is 0. The number of nitrogens with zero attached hydrogens (tertiary/aromatic N) is 3. The molecule has 4 aromatic rings. The van der Waals surface area contributed by atoms with Gasteiger partial charge in [0.05, 0.1) is 11.6 Å². The Hall–Kier alpha value is -3.91. The second kappa shape index (κ2) is 7.77. The molecule has 4 rings (SSSR count). The van der Waals surface area contributed by atoms with E-state index >= 15 is 0 Å². The third-order valence-electron chi connectivity index (χ3n) is 4.42. The van der Waals surface area contributed by atoms with E-state index in [4.69, 9.17) is 14.5 Å². The Morgan fingerprint density at radius 2 is 1.61 bits per heavy atom. The minimum absolute atomic E-state index is 0.203. The first kappa shape index (κ1) is 17.5. The Bertz CT molecular complexity index is 1120. The fraction of sp³-hybridized carbons (Fsp3) is 0.0870. The normalized spacial score (nSPS) is 10.4. The molecule has 136 valence electrons. The van der Waals surface area contributed by atoms with Crippen LogP contribution in [-0.4, -0.2) is 10.1 Å². The van der Waals surface area contributed by atoms with E-state index in [-0.39, 0.29) is 6.61 Å². The van der Waals surface area contributed by atoms with Crippen LogP contribution in [0.4, 0.5) is 0 Å². The van der Waals surface area contributed by atoms with Crippen LogP contribution in [0.25, 0.3) is 22.5 Å². The van der Waals surface area contributed by atoms with E-state index < -0.39 is 0 Å². The van der Waals surface area contributed by atoms with E-state index in [2.05, 4.69) is 16.2 Å². The first-order valence-corrected chi connectivity index (χ1v) is 8.85. The number of hydrogen-bond donors (Lipinski definition) is 0. The SMILES string of the molecule is Cc1ccccc1-c1noc(COc2ccc(-c3ccc(C#N)cc3)cc2)n1. The largest absolute Gasteiger partial charge is 0.484 e. The highest BCUT2D eigenvalue weighted by atomic mass is 16.5. The third-order valence-corrected chi connectivity index (χ3v) is 4.42. The number of aryl methyl sites for hydroxylation is 1. The van der Waals surface area contributed by atoms with Gasteiger partial charge in [-0.1, -0.05) is 53.7 Å². The second-order valence-electron chi connectivity index (χ2n) is 6.33. The molecule has 0 aliphatic heterocycles. The maximum atomic E-state index is 8.88. The maximum Gasteiger partial charge on any atom is 0.264 e. The van der Waals surface area contributed by atoms with Crippen molar-refractivity contribution in [3.63, 3.8) is 0 Å². The van der Waals surface area contributed by atoms with Crippen LogP contribution in [0.2, 0.25) is 0 Å². The van der Waals surface area contributed by atoms with E-state index in [1.807, 2.05) is 67.6 Å². The third kappa shape index (κ3) is 3.76. The zero-order chi connectivity index (χ0) is 19.3. The van der Waals surface area contributed by atoms with Gasteiger partial charge < -0.3 is 9.26 Å². The number of aromatic nitrogens is 2. The summed E-state index contributed by atoms with van der Waals surface area (Å²) in [5.41, 5.74) is 4.79. The summed E-state index contributed by atoms with van der Waals surface area (Å²) in [5, 5.41) is 12.9. The van der Waals surface area contributed by atoms with Crippen molar-refractivity contribution in [2.75, 3.05) is 0 Å². The van der Waals surface area contributed by atoms with Gasteiger partial charge in [0, 0.05) is 5.56 Å². The Balaban J connectivity index is 1.41. The average molecular weight is 367 g/mol. The average Bonchev–Trinajstić information content (AvgIpc) is 3.22. The predicted octanol–water partition coefficient (Wildman–Crippen LogP) is 5.16. The van der Waals surface area contributed by atoms with Gasteiger partial charge in [0.25, 0.3) is 5.89 Å². The van der Waals surface area contributed by atoms with Crippen molar-refractivity contribution in [3.05, 3.63) is 89.8 Å². The minimum Gasteiger partial charge on any atom is -0.484 e. The van der Waals surface area contributed by atoms with Crippen molar-refractivity contribution < 1.29 is 9.26 Å². The summed E-state index contributed by atoms with van der Waals surface area (Å²) in [6.45, 7) is 2.21. The molecule has 0 amide bonds. The van der Waals surface area contributed by atoms with Crippen LogP contribution in [0.15, 0.2) is 77.3 Å². The molecule has 1 heterocycles. The van der Waals surface area contributed by atoms with Gasteiger partial charge in [0.15, 0.2) is 6.61 Å². The Kier molecular flexibility index (Phi) is 4.85. The molecule has 0 aliphatic rings. The highest BCUT2D eigenvalue weighted by Crippen LogP contribution is 2.24. The van der Waals surface area contributed by atoms with Crippen LogP contribution in [0.5, 0.6) is 5.75 Å². The monoisotopic (exact) mass is 367 g/mol. The molecular formula is C23H17N3O2. The Labute approximate surface area is 162 Å². The van der Waals surface area contributed by atoms with Crippen molar-refractivity contribution in [3.8, 4) is 34.3 Å². The molecule has 0 saturated heterocycles. The molecule has 0 aliphatic carbocycles. The molecule has 0 fully saturated rings. The minimum atomic E-state index is 0.203. The molecular weight excluding hydrogens is 350 g/mol. The fourth-order valence-electron chi connectivity index (χ4n) is 2.87. The predicted molar refractivity (Wildman–Crippen MR) is 105 cm³/mol. The lowest BCUT2D eigenvalue weighted by atomic mass is 10.0. The quantitative estimate of drug-likeness (QED) is 0.487. The molecule has 1 aromatic heterocycles. The molecule has 28 heavy (non-hydrogen) atoms. The second-order valence-corrected chi connectivity index (χ2v) is 6.33. The van der Waals surface area contributed by atoms with Crippen LogP contribution in [0.1, 0.15) is 17.0 Å². The number of nitriles is 1. The summed E-state index contributed by atoms with van der Waals surface area (Å²) in [7, 11) is 0. The van der Waals surface area contributed by atoms with Gasteiger partial charge in [-0.05, 0) is 47.9 Å². The molecule has 0 N–H and O–H groups in total. The van der Waals surface area contributed by atoms with Crippen molar-refractivity contribution in [2.24, 2.45) is 0 Å². The molecule has 0 saturated carbocycles. The molecule has 0 atom stereocenters. The highest BCUT2D eigenvalue weighted by molar-refractivity contribution is 5.65. The van der Waals surface area contributed by atoms with Crippen molar-refractivity contribution in [1.82, 2.24) is 10.1 Å². The molecule has 0 spiro atoms. The van der Waals surface area contributed by atoms with Gasteiger partial charge in [-0.2, -0.15) is 10.2 Å². The Morgan fingerprint density at radius 1 is 0.929 bits per heavy atom. The zero-order valence-electron chi connectivity index (χ0n) is 15.3. The summed E-state index contributed by atoms with van der Waals surface area (Å²) < 4.78 is 11.1. The van der Waals surface area contributed by atoms with Crippen LogP contribution in [-0.2, 0) is 6.61 Å². The number of ether oxygens (including phenoxy) is 1. The van der Waals surface area contributed by atoms with Crippen molar-refractivity contribution >= 4 is 0 Å². The van der Waals surface area contributed by atoms with E-state index in [1.165, 1.54) is 0 Å². The van der Waals surface area contributed by atoms with Gasteiger partial charge in [-0.3, -0.25) is 0 Å². The summed E-state index contributed by atoms with van der Waals surface area (Å²) in [5.74, 6) is 1.70. The smallest absolute Gasteiger partial charge is 0.264 e. The van der Waals surface area contributed by atoms with Crippen LogP contribution in [0, 0.1) is 18.3 Å². The summed E-state index contributed by atoms with van der Waals surface area (Å²) >= 11 is 0. The summed E-state index contributed by atoms with van der Waals surface area (Å²) in [4.78, 5) is 4.41. The number of rotatable bonds is 5. The van der Waals surface area contributed by atoms with E-state index in [0.717, 1.165) is 22.3 Å². The van der Waals surface area contributed by atoms with Gasteiger partial charge >= 0.3 is 0 Å². The molecule has 0 unspecified atom stereocenters. The van der Waals surface area contributed by atoms with Gasteiger partial charge in [-0.15, -0.1) is 0 Å². The topological polar surface area (TPSA) is 71.9 Å². The van der Waals surface area contributed by atoms with Crippen LogP contribution >= 0.6 is 0 Å². The highest BCUT2D eigenvalue weighted by Gasteiger charge is 2.11. The summed E-state index contributed by atoms with van der Waals surface area (Å²) in [6, 6.07) is 25.2. The van der Waals surface area contributed by atoms with E-state index in [0.29, 0.717) is 23.0 Å². The van der Waals surface area contributed by atoms with Gasteiger partial charge in [-0.25, -0.2) is 0 Å². The van der Waals surface area contributed by atoms with Crippen LogP contribution < -0.4 is 4.74 Å². The maximum absolute atomic E-state index is 8.88. The number of benzene rings is 3. The molecule has 5 heteroatoms. The van der Waals surface area contributed by atoms with Gasteiger partial charge in [0.1, 0.15) is 5.75 Å². The first-order valence-electron chi connectivity index (χ1n) is 8.85. The first-order chi connectivity index (χ1) is 13.7. The van der Waals surface area contributed by atoms with Crippen molar-refractivity contribution in [1.29, 1.82) is 5.26 Å². The Morgan fingerprint density at radius 3 is 2.29 bits per heavy atom. The molecule has 0 bridgehead atoms. The lowest BCUT2D eigenvalue weighted by Gasteiger charge is -2.05. The standard InChI is InChI=1S/C23H17N3O2/c1-16-4-2-3-5-21(16)23-25-22(28-26-23)15-27-20-12-10-19(11-13-20)18-8-6-17(14-24)7-9-18/h2-13H,15H2,1H3. The van der Waals surface area contributed by atoms with E-state index in [1.54, 1.807) is 12.1 Å². The van der Waals surface area contributed by atoms with Gasteiger partial charge in [0.2, 0.25) is 5.82 Å². The zero-order valence-corrected chi connectivity index (χ0v) is 15.3. The lowest BCUT2D eigenvalue weighted by Crippen LogP contribution is -1.96. The van der Waals surface area contributed by atoms with Crippen LogP contribution in [0.3, 0.4) is 0 Å². The molecule has 5 nitrogen and oxygen atoms in total. The lowest BCUT2D eigenvalue weighted by molar-refractivity contribution is 0.243. The molecule has 0 radical (unpaired) electrons. The van der Waals surface area contributed by atoms with Crippen molar-refractivity contribution in [2.45, 2.75) is 13.5 Å².